The first-order chi connectivity index (χ1) is 8.84. The number of hydrogen-bond donors (Lipinski definition) is 3. The van der Waals surface area contributed by atoms with E-state index < -0.39 is 16.3 Å². The molecule has 0 heterocycles. The molecule has 106 valence electrons. The largest absolute Gasteiger partial charge is 0.449 e. The van der Waals surface area contributed by atoms with Crippen molar-refractivity contribution in [3.63, 3.8) is 0 Å². The van der Waals surface area contributed by atoms with Crippen molar-refractivity contribution in [3.05, 3.63) is 29.8 Å². The van der Waals surface area contributed by atoms with Crippen LogP contribution in [0.3, 0.4) is 0 Å². The van der Waals surface area contributed by atoms with E-state index in [1.165, 1.54) is 0 Å². The Morgan fingerprint density at radius 3 is 2.42 bits per heavy atom. The minimum absolute atomic E-state index is 0.0877. The second-order valence-corrected chi connectivity index (χ2v) is 5.25. The molecule has 1 amide bonds. The van der Waals surface area contributed by atoms with Crippen molar-refractivity contribution in [3.8, 4) is 0 Å². The standard InChI is InChI=1S/C11H17N3O4S/c1-3-18-11(15)14-19(16,17)13-10-6-4-9(5-7-10)8(2)12/h4-8,13H,3,12H2,1-2H3,(H,14,15). The molecule has 1 aromatic carbocycles. The number of nitrogens with two attached hydrogens (primary N) is 1. The topological polar surface area (TPSA) is 111 Å². The molecule has 0 aliphatic rings. The maximum atomic E-state index is 11.6. The fourth-order valence-electron chi connectivity index (χ4n) is 1.31. The number of benzene rings is 1. The second-order valence-electron chi connectivity index (χ2n) is 3.84. The molecule has 19 heavy (non-hydrogen) atoms. The number of ether oxygens (including phenoxy) is 1. The molecular weight excluding hydrogens is 270 g/mol. The molecule has 1 atom stereocenters. The van der Waals surface area contributed by atoms with Crippen molar-refractivity contribution in [2.24, 2.45) is 5.73 Å². The third-order valence-electron chi connectivity index (χ3n) is 2.18. The number of carbonyl (C=O) groups is 1. The molecule has 0 spiro atoms. The van der Waals surface area contributed by atoms with Crippen LogP contribution >= 0.6 is 0 Å². The lowest BCUT2D eigenvalue weighted by Crippen LogP contribution is -2.35. The van der Waals surface area contributed by atoms with Crippen molar-refractivity contribution in [1.29, 1.82) is 0 Å². The van der Waals surface area contributed by atoms with Crippen LogP contribution in [0, 0.1) is 0 Å². The Morgan fingerprint density at radius 1 is 1.37 bits per heavy atom. The second kappa shape index (κ2) is 6.39. The van der Waals surface area contributed by atoms with Crippen molar-refractivity contribution >= 4 is 22.0 Å². The number of hydrogen-bond acceptors (Lipinski definition) is 5. The monoisotopic (exact) mass is 287 g/mol. The van der Waals surface area contributed by atoms with Gasteiger partial charge in [0.15, 0.2) is 0 Å². The first-order valence-corrected chi connectivity index (χ1v) is 7.15. The zero-order valence-electron chi connectivity index (χ0n) is 10.7. The summed E-state index contributed by atoms with van der Waals surface area (Å²) in [6.07, 6.45) is -1.03. The first kappa shape index (κ1) is 15.3. The molecule has 0 bridgehead atoms. The van der Waals surface area contributed by atoms with Crippen molar-refractivity contribution in [1.82, 2.24) is 4.72 Å². The van der Waals surface area contributed by atoms with E-state index in [2.05, 4.69) is 9.46 Å². The minimum Gasteiger partial charge on any atom is -0.449 e. The van der Waals surface area contributed by atoms with E-state index in [0.717, 1.165) is 5.56 Å². The van der Waals surface area contributed by atoms with E-state index in [4.69, 9.17) is 5.73 Å². The van der Waals surface area contributed by atoms with Crippen LogP contribution in [0.1, 0.15) is 25.5 Å². The third kappa shape index (κ3) is 5.14. The van der Waals surface area contributed by atoms with Gasteiger partial charge in [-0.1, -0.05) is 12.1 Å². The van der Waals surface area contributed by atoms with Gasteiger partial charge in [-0.15, -0.1) is 0 Å². The molecule has 7 nitrogen and oxygen atoms in total. The summed E-state index contributed by atoms with van der Waals surface area (Å²) in [5.41, 5.74) is 6.87. The fourth-order valence-corrected chi connectivity index (χ4v) is 2.08. The summed E-state index contributed by atoms with van der Waals surface area (Å²) >= 11 is 0. The number of anilines is 1. The highest BCUT2D eigenvalue weighted by molar-refractivity contribution is 7.91. The molecule has 0 aromatic heterocycles. The Bertz CT molecular complexity index is 525. The summed E-state index contributed by atoms with van der Waals surface area (Å²) < 4.78 is 31.5. The smallest absolute Gasteiger partial charge is 0.422 e. The predicted octanol–water partition coefficient (Wildman–Crippen LogP) is 1.11. The highest BCUT2D eigenvalue weighted by atomic mass is 32.2. The summed E-state index contributed by atoms with van der Waals surface area (Å²) in [5.74, 6) is 0. The lowest BCUT2D eigenvalue weighted by Gasteiger charge is -2.10. The van der Waals surface area contributed by atoms with Crippen LogP contribution in [0.4, 0.5) is 10.5 Å². The van der Waals surface area contributed by atoms with Gasteiger partial charge < -0.3 is 10.5 Å². The van der Waals surface area contributed by atoms with E-state index in [1.54, 1.807) is 35.9 Å². The molecule has 0 saturated heterocycles. The van der Waals surface area contributed by atoms with Gasteiger partial charge in [-0.2, -0.15) is 8.42 Å². The first-order valence-electron chi connectivity index (χ1n) is 5.67. The molecule has 1 unspecified atom stereocenters. The van der Waals surface area contributed by atoms with Gasteiger partial charge in [0, 0.05) is 6.04 Å². The summed E-state index contributed by atoms with van der Waals surface area (Å²) in [6.45, 7) is 3.48. The molecular formula is C11H17N3O4S. The molecule has 1 aromatic rings. The maximum Gasteiger partial charge on any atom is 0.422 e. The highest BCUT2D eigenvalue weighted by Crippen LogP contribution is 2.14. The van der Waals surface area contributed by atoms with Gasteiger partial charge >= 0.3 is 16.3 Å². The number of nitrogens with one attached hydrogen (secondary N) is 2. The highest BCUT2D eigenvalue weighted by Gasteiger charge is 2.14. The SMILES string of the molecule is CCOC(=O)NS(=O)(=O)Nc1ccc(C(C)N)cc1. The number of rotatable bonds is 5. The number of carbonyl (C=O) groups excluding carboxylic acids is 1. The zero-order chi connectivity index (χ0) is 14.5. The predicted molar refractivity (Wildman–Crippen MR) is 71.7 cm³/mol. The van der Waals surface area contributed by atoms with E-state index in [9.17, 15) is 13.2 Å². The Hall–Kier alpha value is -1.80. The third-order valence-corrected chi connectivity index (χ3v) is 3.12. The Kier molecular flexibility index (Phi) is 5.13. The molecule has 4 N–H and O–H groups in total. The Balaban J connectivity index is 2.70. The summed E-state index contributed by atoms with van der Waals surface area (Å²) in [6, 6.07) is 6.38. The van der Waals surface area contributed by atoms with Gasteiger partial charge in [0.25, 0.3) is 0 Å². The molecule has 0 fully saturated rings. The lowest BCUT2D eigenvalue weighted by atomic mass is 10.1. The van der Waals surface area contributed by atoms with Gasteiger partial charge in [0.2, 0.25) is 0 Å². The molecule has 1 rings (SSSR count). The average Bonchev–Trinajstić information content (AvgIpc) is 2.28. The van der Waals surface area contributed by atoms with Crippen LogP contribution in [0.5, 0.6) is 0 Å². The van der Waals surface area contributed by atoms with Crippen molar-refractivity contribution in [2.75, 3.05) is 11.3 Å². The average molecular weight is 287 g/mol. The Morgan fingerprint density at radius 2 is 1.95 bits per heavy atom. The van der Waals surface area contributed by atoms with E-state index in [-0.39, 0.29) is 12.6 Å². The van der Waals surface area contributed by atoms with Gasteiger partial charge in [-0.25, -0.2) is 9.52 Å². The van der Waals surface area contributed by atoms with Crippen molar-refractivity contribution in [2.45, 2.75) is 19.9 Å². The van der Waals surface area contributed by atoms with Crippen LogP contribution in [0.25, 0.3) is 0 Å². The summed E-state index contributed by atoms with van der Waals surface area (Å²) in [7, 11) is -3.99. The van der Waals surface area contributed by atoms with Gasteiger partial charge in [-0.3, -0.25) is 4.72 Å². The van der Waals surface area contributed by atoms with Crippen molar-refractivity contribution < 1.29 is 17.9 Å². The van der Waals surface area contributed by atoms with Gasteiger partial charge in [0.1, 0.15) is 0 Å². The van der Waals surface area contributed by atoms with Crippen LogP contribution < -0.4 is 15.2 Å². The van der Waals surface area contributed by atoms with E-state index in [1.807, 2.05) is 6.92 Å². The van der Waals surface area contributed by atoms with Gasteiger partial charge in [-0.05, 0) is 31.5 Å². The van der Waals surface area contributed by atoms with Crippen LogP contribution in [0.15, 0.2) is 24.3 Å². The fraction of sp³-hybridized carbons (Fsp3) is 0.364. The van der Waals surface area contributed by atoms with Crippen LogP contribution in [0.2, 0.25) is 0 Å². The normalized spacial score (nSPS) is 12.6. The minimum atomic E-state index is -3.99. The quantitative estimate of drug-likeness (QED) is 0.751. The molecule has 0 aliphatic heterocycles. The maximum absolute atomic E-state index is 11.6. The van der Waals surface area contributed by atoms with E-state index in [0.29, 0.717) is 5.69 Å². The Labute approximate surface area is 112 Å². The van der Waals surface area contributed by atoms with Gasteiger partial charge in [0.05, 0.1) is 12.3 Å². The summed E-state index contributed by atoms with van der Waals surface area (Å²) in [5, 5.41) is 0. The molecule has 0 saturated carbocycles. The summed E-state index contributed by atoms with van der Waals surface area (Å²) in [4.78, 5) is 11.0. The molecule has 8 heteroatoms. The lowest BCUT2D eigenvalue weighted by molar-refractivity contribution is 0.159. The molecule has 0 aliphatic carbocycles. The van der Waals surface area contributed by atoms with Crippen LogP contribution in [-0.4, -0.2) is 21.1 Å². The number of amides is 1. The molecule has 0 radical (unpaired) electrons. The zero-order valence-corrected chi connectivity index (χ0v) is 11.5. The van der Waals surface area contributed by atoms with E-state index >= 15 is 0 Å². The van der Waals surface area contributed by atoms with Crippen LogP contribution in [-0.2, 0) is 14.9 Å².